The summed E-state index contributed by atoms with van der Waals surface area (Å²) in [5.74, 6) is 0. The predicted octanol–water partition coefficient (Wildman–Crippen LogP) is 2.02. The van der Waals surface area contributed by atoms with Crippen molar-refractivity contribution < 1.29 is 19.7 Å². The highest BCUT2D eigenvalue weighted by molar-refractivity contribution is 6.28. The summed E-state index contributed by atoms with van der Waals surface area (Å²) in [5, 5.41) is 24.4. The number of hydrogen-bond donors (Lipinski definition) is 3. The zero-order chi connectivity index (χ0) is 20.5. The van der Waals surface area contributed by atoms with E-state index in [1.54, 1.807) is 6.20 Å². The highest BCUT2D eigenvalue weighted by Crippen LogP contribution is 2.33. The average molecular weight is 413 g/mol. The summed E-state index contributed by atoms with van der Waals surface area (Å²) in [7, 11) is 0. The molecule has 4 atom stereocenters. The van der Waals surface area contributed by atoms with E-state index in [4.69, 9.17) is 21.1 Å². The highest BCUT2D eigenvalue weighted by atomic mass is 35.5. The molecule has 3 heterocycles. The lowest BCUT2D eigenvalue weighted by molar-refractivity contribution is -0.168. The minimum Gasteiger partial charge on any atom is -0.388 e. The monoisotopic (exact) mass is 412 g/mol. The first kappa shape index (κ1) is 21.4. The fourth-order valence-corrected chi connectivity index (χ4v) is 3.59. The molecule has 1 aliphatic heterocycles. The average Bonchev–Trinajstić information content (AvgIpc) is 2.89. The lowest BCUT2D eigenvalue weighted by atomic mass is 10.1. The Labute approximate surface area is 169 Å². The predicted molar refractivity (Wildman–Crippen MR) is 106 cm³/mol. The van der Waals surface area contributed by atoms with E-state index >= 15 is 0 Å². The third-order valence-electron chi connectivity index (χ3n) is 4.55. The van der Waals surface area contributed by atoms with Gasteiger partial charge in [-0.15, -0.1) is 0 Å². The van der Waals surface area contributed by atoms with Crippen molar-refractivity contribution in [3.8, 4) is 0 Å². The molecule has 3 rings (SSSR count). The van der Waals surface area contributed by atoms with E-state index < -0.39 is 18.4 Å². The number of aromatic nitrogens is 3. The molecule has 1 aliphatic rings. The Bertz CT molecular complexity index is 807. The summed E-state index contributed by atoms with van der Waals surface area (Å²) in [6.07, 6.45) is 0.443. The number of nitrogens with zero attached hydrogens (tertiary/aromatic N) is 3. The zero-order valence-electron chi connectivity index (χ0n) is 16.7. The summed E-state index contributed by atoms with van der Waals surface area (Å²) in [4.78, 5) is 8.34. The van der Waals surface area contributed by atoms with E-state index in [0.29, 0.717) is 31.8 Å². The van der Waals surface area contributed by atoms with Crippen LogP contribution in [0.15, 0.2) is 12.3 Å². The molecule has 0 bridgehead atoms. The van der Waals surface area contributed by atoms with Gasteiger partial charge >= 0.3 is 0 Å². The molecule has 2 aromatic heterocycles. The molecule has 0 spiro atoms. The van der Waals surface area contributed by atoms with Crippen molar-refractivity contribution >= 4 is 22.6 Å². The summed E-state index contributed by atoms with van der Waals surface area (Å²) < 4.78 is 13.3. The molecule has 3 N–H and O–H groups in total. The molecule has 8 nitrogen and oxygen atoms in total. The van der Waals surface area contributed by atoms with Crippen molar-refractivity contribution in [2.75, 3.05) is 13.2 Å². The lowest BCUT2D eigenvalue weighted by Crippen LogP contribution is -2.39. The second-order valence-electron chi connectivity index (χ2n) is 8.21. The van der Waals surface area contributed by atoms with Crippen molar-refractivity contribution in [1.82, 2.24) is 19.9 Å². The molecule has 0 radical (unpaired) electrons. The topological polar surface area (TPSA) is 102 Å². The number of rotatable bonds is 8. The Morgan fingerprint density at radius 3 is 2.82 bits per heavy atom. The molecular formula is C19H29ClN4O4. The molecule has 2 aromatic rings. The van der Waals surface area contributed by atoms with Crippen LogP contribution < -0.4 is 5.32 Å². The van der Waals surface area contributed by atoms with Gasteiger partial charge in [0.1, 0.15) is 24.1 Å². The van der Waals surface area contributed by atoms with Crippen molar-refractivity contribution in [3.63, 3.8) is 0 Å². The first-order valence-corrected chi connectivity index (χ1v) is 9.92. The Hall–Kier alpha value is -1.29. The van der Waals surface area contributed by atoms with Crippen molar-refractivity contribution in [1.29, 1.82) is 0 Å². The standard InChI is InChI=1S/C19H29ClN4O4/c1-11(28-19(2,3)4)7-15(26)21-5-6-24-13(16-14(25)10-27-16)8-12-9-22-18(20)23-17(12)24/h8-9,11,14-16,21,25-26H,5-7,10H2,1-4H3. The largest absolute Gasteiger partial charge is 0.388 e. The Morgan fingerprint density at radius 1 is 1.46 bits per heavy atom. The number of fused-ring (bicyclic) bond motifs is 1. The van der Waals surface area contributed by atoms with Crippen LogP contribution in [-0.4, -0.2) is 61.9 Å². The second kappa shape index (κ2) is 8.61. The lowest BCUT2D eigenvalue weighted by Gasteiger charge is -2.33. The van der Waals surface area contributed by atoms with Gasteiger partial charge in [-0.05, 0) is 45.4 Å². The van der Waals surface area contributed by atoms with Gasteiger partial charge in [-0.2, -0.15) is 4.98 Å². The van der Waals surface area contributed by atoms with Crippen LogP contribution in [0.25, 0.3) is 11.0 Å². The molecule has 28 heavy (non-hydrogen) atoms. The molecule has 156 valence electrons. The van der Waals surface area contributed by atoms with E-state index in [9.17, 15) is 10.2 Å². The smallest absolute Gasteiger partial charge is 0.224 e. The second-order valence-corrected chi connectivity index (χ2v) is 8.54. The summed E-state index contributed by atoms with van der Waals surface area (Å²) in [6, 6.07) is 1.91. The molecule has 0 saturated carbocycles. The molecule has 0 aromatic carbocycles. The number of ether oxygens (including phenoxy) is 2. The number of aliphatic hydroxyl groups excluding tert-OH is 2. The van der Waals surface area contributed by atoms with Crippen molar-refractivity contribution in [2.45, 2.75) is 70.8 Å². The maximum atomic E-state index is 10.3. The maximum Gasteiger partial charge on any atom is 0.224 e. The third-order valence-corrected chi connectivity index (χ3v) is 4.73. The fourth-order valence-electron chi connectivity index (χ4n) is 3.46. The van der Waals surface area contributed by atoms with Gasteiger partial charge in [0, 0.05) is 31.1 Å². The first-order valence-electron chi connectivity index (χ1n) is 9.54. The number of nitrogens with one attached hydrogen (secondary N) is 1. The van der Waals surface area contributed by atoms with Crippen LogP contribution in [0.4, 0.5) is 0 Å². The summed E-state index contributed by atoms with van der Waals surface area (Å²) in [5.41, 5.74) is 1.25. The van der Waals surface area contributed by atoms with Crippen LogP contribution in [0.3, 0.4) is 0 Å². The van der Waals surface area contributed by atoms with E-state index in [1.165, 1.54) is 0 Å². The maximum absolute atomic E-state index is 10.3. The number of halogens is 1. The van der Waals surface area contributed by atoms with Crippen molar-refractivity contribution in [3.05, 3.63) is 23.2 Å². The molecule has 9 heteroatoms. The quantitative estimate of drug-likeness (QED) is 0.450. The van der Waals surface area contributed by atoms with Crippen molar-refractivity contribution in [2.24, 2.45) is 0 Å². The first-order chi connectivity index (χ1) is 13.1. The molecule has 1 fully saturated rings. The Morgan fingerprint density at radius 2 is 2.21 bits per heavy atom. The minimum atomic E-state index is -0.689. The molecule has 0 aliphatic carbocycles. The molecule has 1 saturated heterocycles. The molecule has 4 unspecified atom stereocenters. The number of hydrogen-bond acceptors (Lipinski definition) is 7. The van der Waals surface area contributed by atoms with E-state index in [0.717, 1.165) is 11.1 Å². The summed E-state index contributed by atoms with van der Waals surface area (Å²) >= 11 is 5.96. The fraction of sp³-hybridized carbons (Fsp3) is 0.684. The van der Waals surface area contributed by atoms with Gasteiger partial charge < -0.3 is 24.3 Å². The zero-order valence-corrected chi connectivity index (χ0v) is 17.5. The van der Waals surface area contributed by atoms with Crippen LogP contribution in [0.2, 0.25) is 5.28 Å². The van der Waals surface area contributed by atoms with Crippen LogP contribution in [0, 0.1) is 0 Å². The Kier molecular flexibility index (Phi) is 6.58. The third kappa shape index (κ3) is 5.20. The highest BCUT2D eigenvalue weighted by Gasteiger charge is 2.34. The van der Waals surface area contributed by atoms with Crippen LogP contribution in [-0.2, 0) is 16.0 Å². The molecular weight excluding hydrogens is 384 g/mol. The minimum absolute atomic E-state index is 0.0736. The number of aliphatic hydroxyl groups is 2. The SMILES string of the molecule is CC(CC(O)NCCn1c(C2OCC2O)cc2cnc(Cl)nc21)OC(C)(C)C. The van der Waals surface area contributed by atoms with Crippen LogP contribution in [0.5, 0.6) is 0 Å². The van der Waals surface area contributed by atoms with Gasteiger partial charge in [0.25, 0.3) is 0 Å². The van der Waals surface area contributed by atoms with Gasteiger partial charge in [-0.25, -0.2) is 4.98 Å². The van der Waals surface area contributed by atoms with Gasteiger partial charge in [0.05, 0.1) is 24.0 Å². The van der Waals surface area contributed by atoms with E-state index in [-0.39, 0.29) is 17.0 Å². The van der Waals surface area contributed by atoms with E-state index in [2.05, 4.69) is 15.3 Å². The summed E-state index contributed by atoms with van der Waals surface area (Å²) in [6.45, 7) is 9.28. The van der Waals surface area contributed by atoms with Gasteiger partial charge in [0.15, 0.2) is 0 Å². The molecule has 0 amide bonds. The van der Waals surface area contributed by atoms with Crippen LogP contribution >= 0.6 is 11.6 Å². The Balaban J connectivity index is 1.65. The van der Waals surface area contributed by atoms with Gasteiger partial charge in [-0.3, -0.25) is 5.32 Å². The van der Waals surface area contributed by atoms with Gasteiger partial charge in [-0.1, -0.05) is 0 Å². The van der Waals surface area contributed by atoms with Gasteiger partial charge in [0.2, 0.25) is 5.28 Å². The van der Waals surface area contributed by atoms with Crippen LogP contribution in [0.1, 0.15) is 45.9 Å². The van der Waals surface area contributed by atoms with E-state index in [1.807, 2.05) is 38.3 Å². The normalized spacial score (nSPS) is 22.2.